The highest BCUT2D eigenvalue weighted by Gasteiger charge is 2.55. The van der Waals surface area contributed by atoms with Gasteiger partial charge in [-0.05, 0) is 69.3 Å². The lowest BCUT2D eigenvalue weighted by Crippen LogP contribution is -2.53. The molecule has 4 saturated carbocycles. The first-order valence-corrected chi connectivity index (χ1v) is 8.54. The molecule has 0 aliphatic heterocycles. The van der Waals surface area contributed by atoms with Gasteiger partial charge in [-0.1, -0.05) is 13.5 Å². The Morgan fingerprint density at radius 1 is 1.09 bits per heavy atom. The van der Waals surface area contributed by atoms with E-state index in [1.54, 1.807) is 0 Å². The fraction of sp³-hybridized carbons (Fsp3) is 0.684. The number of ether oxygens (including phenoxy) is 2. The van der Waals surface area contributed by atoms with Crippen LogP contribution in [-0.4, -0.2) is 18.5 Å². The van der Waals surface area contributed by atoms with E-state index in [0.29, 0.717) is 12.5 Å². The van der Waals surface area contributed by atoms with Crippen LogP contribution in [0.25, 0.3) is 0 Å². The summed E-state index contributed by atoms with van der Waals surface area (Å²) >= 11 is 0. The second kappa shape index (κ2) is 5.81. The first-order chi connectivity index (χ1) is 10.8. The highest BCUT2D eigenvalue weighted by atomic mass is 16.6. The minimum absolute atomic E-state index is 0.114. The van der Waals surface area contributed by atoms with Gasteiger partial charge < -0.3 is 9.47 Å². The Hall–Kier alpha value is -1.58. The summed E-state index contributed by atoms with van der Waals surface area (Å²) in [6.07, 6.45) is 6.35. The lowest BCUT2D eigenvalue weighted by molar-refractivity contribution is -0.166. The van der Waals surface area contributed by atoms with E-state index >= 15 is 0 Å². The third kappa shape index (κ3) is 2.96. The fourth-order valence-electron chi connectivity index (χ4n) is 5.24. The first kappa shape index (κ1) is 16.3. The molecule has 4 aliphatic rings. The van der Waals surface area contributed by atoms with E-state index in [2.05, 4.69) is 20.1 Å². The van der Waals surface area contributed by atoms with Gasteiger partial charge in [-0.3, -0.25) is 0 Å². The molecule has 0 amide bonds. The molecule has 4 aliphatic carbocycles. The van der Waals surface area contributed by atoms with Gasteiger partial charge in [0.05, 0.1) is 6.61 Å². The van der Waals surface area contributed by atoms with Crippen molar-refractivity contribution < 1.29 is 19.1 Å². The lowest BCUT2D eigenvalue weighted by atomic mass is 9.46. The van der Waals surface area contributed by atoms with Crippen LogP contribution < -0.4 is 0 Å². The van der Waals surface area contributed by atoms with Crippen molar-refractivity contribution >= 4 is 11.9 Å². The summed E-state index contributed by atoms with van der Waals surface area (Å²) in [5.41, 5.74) is 0.344. The number of carbonyl (C=O) groups is 2. The normalized spacial score (nSPS) is 37.3. The average Bonchev–Trinajstić information content (AvgIpc) is 2.49. The molecule has 0 saturated heterocycles. The van der Waals surface area contributed by atoms with Crippen molar-refractivity contribution in [3.05, 3.63) is 24.5 Å². The Balaban J connectivity index is 1.59. The van der Waals surface area contributed by atoms with E-state index in [9.17, 15) is 9.59 Å². The predicted octanol–water partition coefficient (Wildman–Crippen LogP) is 3.63. The summed E-state index contributed by atoms with van der Waals surface area (Å²) in [6.45, 7) is 11.2. The summed E-state index contributed by atoms with van der Waals surface area (Å²) in [4.78, 5) is 23.5. The molecule has 3 atom stereocenters. The lowest BCUT2D eigenvalue weighted by Gasteiger charge is -2.60. The van der Waals surface area contributed by atoms with Gasteiger partial charge in [0.1, 0.15) is 0 Å². The highest BCUT2D eigenvalue weighted by molar-refractivity contribution is 5.94. The molecule has 4 heteroatoms. The van der Waals surface area contributed by atoms with Crippen molar-refractivity contribution in [3.8, 4) is 0 Å². The van der Waals surface area contributed by atoms with E-state index in [-0.39, 0.29) is 16.7 Å². The van der Waals surface area contributed by atoms with Crippen molar-refractivity contribution in [1.29, 1.82) is 0 Å². The zero-order valence-corrected chi connectivity index (χ0v) is 14.1. The molecule has 0 N–H and O–H groups in total. The van der Waals surface area contributed by atoms with Gasteiger partial charge in [0.2, 0.25) is 5.76 Å². The van der Waals surface area contributed by atoms with Crippen molar-refractivity contribution in [3.63, 3.8) is 0 Å². The quantitative estimate of drug-likeness (QED) is 0.441. The van der Waals surface area contributed by atoms with Crippen LogP contribution in [0.3, 0.4) is 0 Å². The van der Waals surface area contributed by atoms with Crippen LogP contribution in [-0.2, 0) is 19.1 Å². The van der Waals surface area contributed by atoms with Gasteiger partial charge in [0.15, 0.2) is 0 Å². The molecule has 4 fully saturated rings. The molecule has 3 unspecified atom stereocenters. The Morgan fingerprint density at radius 3 is 2.26 bits per heavy atom. The number of hydrogen-bond donors (Lipinski definition) is 0. The third-order valence-electron chi connectivity index (χ3n) is 6.29. The second-order valence-corrected chi connectivity index (χ2v) is 7.93. The molecular formula is C19H26O4. The monoisotopic (exact) mass is 318 g/mol. The smallest absolute Gasteiger partial charge is 0.373 e. The average molecular weight is 318 g/mol. The van der Waals surface area contributed by atoms with Crippen molar-refractivity contribution in [1.82, 2.24) is 0 Å². The molecule has 126 valence electrons. The van der Waals surface area contributed by atoms with Gasteiger partial charge in [-0.2, -0.15) is 0 Å². The van der Waals surface area contributed by atoms with Gasteiger partial charge in [0, 0.05) is 11.0 Å². The second-order valence-electron chi connectivity index (χ2n) is 7.93. The fourth-order valence-corrected chi connectivity index (χ4v) is 5.24. The maximum Gasteiger partial charge on any atom is 0.373 e. The molecule has 4 bridgehead atoms. The minimum atomic E-state index is -0.643. The van der Waals surface area contributed by atoms with E-state index < -0.39 is 11.9 Å². The predicted molar refractivity (Wildman–Crippen MR) is 86.2 cm³/mol. The number of carbonyl (C=O) groups excluding carboxylic acids is 2. The highest BCUT2D eigenvalue weighted by Crippen LogP contribution is 2.62. The van der Waals surface area contributed by atoms with Crippen LogP contribution in [0.2, 0.25) is 0 Å². The van der Waals surface area contributed by atoms with Crippen LogP contribution in [0.15, 0.2) is 24.5 Å². The summed E-state index contributed by atoms with van der Waals surface area (Å²) in [5.74, 6) is 1.44. The minimum Gasteiger partial charge on any atom is -0.459 e. The Labute approximate surface area is 137 Å². The summed E-state index contributed by atoms with van der Waals surface area (Å²) in [5, 5.41) is 0. The molecule has 4 rings (SSSR count). The van der Waals surface area contributed by atoms with Crippen molar-refractivity contribution in [2.45, 2.75) is 46.0 Å². The van der Waals surface area contributed by atoms with E-state index in [1.807, 2.05) is 0 Å². The Bertz CT molecular complexity index is 548. The van der Waals surface area contributed by atoms with Crippen molar-refractivity contribution in [2.75, 3.05) is 6.61 Å². The standard InChI is InChI=1S/C19H26O4/c1-11(2)17(20)23-13(4)18(21)22-10-19-8-14-5-15(9-19)7-16(6-14)12(19)3/h12,14-16H,1,4-10H2,2-3H3. The first-order valence-electron chi connectivity index (χ1n) is 8.54. The molecule has 0 aromatic rings. The summed E-state index contributed by atoms with van der Waals surface area (Å²) < 4.78 is 10.4. The van der Waals surface area contributed by atoms with E-state index in [4.69, 9.17) is 9.47 Å². The SMILES string of the molecule is C=C(C)C(=O)OC(=C)C(=O)OCC12CC3CC(CC(C3)C1C)C2. The maximum absolute atomic E-state index is 12.1. The molecule has 0 heterocycles. The zero-order valence-electron chi connectivity index (χ0n) is 14.1. The van der Waals surface area contributed by atoms with Gasteiger partial charge in [-0.15, -0.1) is 0 Å². The van der Waals surface area contributed by atoms with Crippen LogP contribution in [0.5, 0.6) is 0 Å². The molecule has 4 nitrogen and oxygen atoms in total. The maximum atomic E-state index is 12.1. The largest absolute Gasteiger partial charge is 0.459 e. The number of hydrogen-bond acceptors (Lipinski definition) is 4. The number of rotatable bonds is 5. The van der Waals surface area contributed by atoms with Crippen molar-refractivity contribution in [2.24, 2.45) is 29.1 Å². The molecule has 0 aromatic heterocycles. The van der Waals surface area contributed by atoms with Crippen LogP contribution >= 0.6 is 0 Å². The molecule has 0 radical (unpaired) electrons. The van der Waals surface area contributed by atoms with E-state index in [1.165, 1.54) is 26.2 Å². The third-order valence-corrected chi connectivity index (χ3v) is 6.29. The molecule has 0 aromatic carbocycles. The van der Waals surface area contributed by atoms with Gasteiger partial charge >= 0.3 is 11.9 Å². The summed E-state index contributed by atoms with van der Waals surface area (Å²) in [6, 6.07) is 0. The molecule has 0 spiro atoms. The Morgan fingerprint density at radius 2 is 1.70 bits per heavy atom. The Kier molecular flexibility index (Phi) is 4.11. The van der Waals surface area contributed by atoms with Crippen LogP contribution in [0.4, 0.5) is 0 Å². The van der Waals surface area contributed by atoms with Gasteiger partial charge in [-0.25, -0.2) is 9.59 Å². The summed E-state index contributed by atoms with van der Waals surface area (Å²) in [7, 11) is 0. The van der Waals surface area contributed by atoms with E-state index in [0.717, 1.165) is 30.6 Å². The van der Waals surface area contributed by atoms with Gasteiger partial charge in [0.25, 0.3) is 0 Å². The number of esters is 2. The molecular weight excluding hydrogens is 292 g/mol. The zero-order chi connectivity index (χ0) is 16.8. The van der Waals surface area contributed by atoms with Crippen LogP contribution in [0, 0.1) is 29.1 Å². The topological polar surface area (TPSA) is 52.6 Å². The van der Waals surface area contributed by atoms with Crippen LogP contribution in [0.1, 0.15) is 46.0 Å². The molecule has 23 heavy (non-hydrogen) atoms.